The Morgan fingerprint density at radius 2 is 2.04 bits per heavy atom. The molecule has 2 aromatic rings. The van der Waals surface area contributed by atoms with E-state index in [4.69, 9.17) is 28.6 Å². The molecule has 6 heteroatoms. The van der Waals surface area contributed by atoms with Gasteiger partial charge in [0, 0.05) is 6.54 Å². The highest BCUT2D eigenvalue weighted by Gasteiger charge is 2.01. The molecule has 0 bridgehead atoms. The Morgan fingerprint density at radius 3 is 2.74 bits per heavy atom. The number of hydrogen-bond acceptors (Lipinski definition) is 3. The van der Waals surface area contributed by atoms with E-state index >= 15 is 0 Å². The lowest BCUT2D eigenvalue weighted by atomic mass is 10.2. The van der Waals surface area contributed by atoms with Crippen LogP contribution >= 0.6 is 23.8 Å². The van der Waals surface area contributed by atoms with Crippen molar-refractivity contribution in [1.82, 2.24) is 10.7 Å². The monoisotopic (exact) mass is 347 g/mol. The first-order valence-electron chi connectivity index (χ1n) is 7.22. The van der Waals surface area contributed by atoms with Gasteiger partial charge in [-0.05, 0) is 48.5 Å². The highest BCUT2D eigenvalue weighted by atomic mass is 35.5. The molecule has 0 heterocycles. The van der Waals surface area contributed by atoms with Crippen LogP contribution in [0, 0.1) is 0 Å². The molecule has 0 atom stereocenters. The van der Waals surface area contributed by atoms with E-state index in [0.717, 1.165) is 11.1 Å². The SMILES string of the molecule is CCOc1ccc(/C=N\NC(=S)NCc2ccccc2)cc1Cl. The van der Waals surface area contributed by atoms with Crippen molar-refractivity contribution in [1.29, 1.82) is 0 Å². The summed E-state index contributed by atoms with van der Waals surface area (Å²) >= 11 is 11.3. The van der Waals surface area contributed by atoms with E-state index in [2.05, 4.69) is 15.8 Å². The van der Waals surface area contributed by atoms with Gasteiger partial charge in [0.1, 0.15) is 5.75 Å². The summed E-state index contributed by atoms with van der Waals surface area (Å²) in [5.74, 6) is 0.666. The summed E-state index contributed by atoms with van der Waals surface area (Å²) in [6.45, 7) is 3.14. The van der Waals surface area contributed by atoms with Crippen LogP contribution in [0.2, 0.25) is 5.02 Å². The van der Waals surface area contributed by atoms with Crippen LogP contribution in [-0.2, 0) is 6.54 Å². The third-order valence-electron chi connectivity index (χ3n) is 2.93. The number of ether oxygens (including phenoxy) is 1. The maximum atomic E-state index is 6.12. The van der Waals surface area contributed by atoms with Gasteiger partial charge in [0.05, 0.1) is 17.8 Å². The van der Waals surface area contributed by atoms with Gasteiger partial charge < -0.3 is 10.1 Å². The zero-order chi connectivity index (χ0) is 16.5. The zero-order valence-electron chi connectivity index (χ0n) is 12.8. The molecule has 2 aromatic carbocycles. The smallest absolute Gasteiger partial charge is 0.187 e. The molecule has 0 aliphatic rings. The molecule has 0 fully saturated rings. The molecule has 2 rings (SSSR count). The first-order valence-corrected chi connectivity index (χ1v) is 8.01. The molecule has 0 spiro atoms. The topological polar surface area (TPSA) is 45.6 Å². The molecule has 0 aliphatic carbocycles. The Labute approximate surface area is 146 Å². The molecule has 0 saturated carbocycles. The van der Waals surface area contributed by atoms with E-state index in [1.54, 1.807) is 12.3 Å². The van der Waals surface area contributed by atoms with Crippen molar-refractivity contribution in [2.45, 2.75) is 13.5 Å². The second-order valence-electron chi connectivity index (χ2n) is 4.66. The molecule has 0 aromatic heterocycles. The average molecular weight is 348 g/mol. The normalized spacial score (nSPS) is 10.5. The third-order valence-corrected chi connectivity index (χ3v) is 3.46. The Balaban J connectivity index is 1.81. The molecule has 4 nitrogen and oxygen atoms in total. The second kappa shape index (κ2) is 9.12. The van der Waals surface area contributed by atoms with E-state index in [1.165, 1.54) is 0 Å². The fourth-order valence-electron chi connectivity index (χ4n) is 1.85. The first kappa shape index (κ1) is 17.2. The van der Waals surface area contributed by atoms with Crippen molar-refractivity contribution < 1.29 is 4.74 Å². The van der Waals surface area contributed by atoms with E-state index in [1.807, 2.05) is 49.4 Å². The predicted molar refractivity (Wildman–Crippen MR) is 99.2 cm³/mol. The molecular weight excluding hydrogens is 330 g/mol. The summed E-state index contributed by atoms with van der Waals surface area (Å²) < 4.78 is 5.39. The maximum Gasteiger partial charge on any atom is 0.187 e. The summed E-state index contributed by atoms with van der Waals surface area (Å²) in [5, 5.41) is 8.19. The van der Waals surface area contributed by atoms with Crippen LogP contribution in [0.3, 0.4) is 0 Å². The number of rotatable bonds is 6. The predicted octanol–water partition coefficient (Wildman–Crippen LogP) is 3.74. The Bertz CT molecular complexity index is 677. The molecule has 0 aliphatic heterocycles. The van der Waals surface area contributed by atoms with Crippen LogP contribution in [0.15, 0.2) is 53.6 Å². The van der Waals surface area contributed by atoms with Crippen molar-refractivity contribution in [2.75, 3.05) is 6.61 Å². The lowest BCUT2D eigenvalue weighted by molar-refractivity contribution is 0.340. The Morgan fingerprint density at radius 1 is 1.26 bits per heavy atom. The highest BCUT2D eigenvalue weighted by Crippen LogP contribution is 2.24. The van der Waals surface area contributed by atoms with Gasteiger partial charge in [0.15, 0.2) is 5.11 Å². The minimum atomic E-state index is 0.460. The maximum absolute atomic E-state index is 6.12. The fraction of sp³-hybridized carbons (Fsp3) is 0.176. The highest BCUT2D eigenvalue weighted by molar-refractivity contribution is 7.80. The number of hydrogen-bond donors (Lipinski definition) is 2. The van der Waals surface area contributed by atoms with E-state index in [-0.39, 0.29) is 0 Å². The number of benzene rings is 2. The summed E-state index contributed by atoms with van der Waals surface area (Å²) in [7, 11) is 0. The Hall–Kier alpha value is -2.11. The summed E-state index contributed by atoms with van der Waals surface area (Å²) in [4.78, 5) is 0. The summed E-state index contributed by atoms with van der Waals surface area (Å²) in [6.07, 6.45) is 1.65. The van der Waals surface area contributed by atoms with Crippen molar-refractivity contribution in [3.63, 3.8) is 0 Å². The van der Waals surface area contributed by atoms with Crippen LogP contribution in [0.4, 0.5) is 0 Å². The van der Waals surface area contributed by atoms with Crippen LogP contribution in [0.5, 0.6) is 5.75 Å². The Kier molecular flexibility index (Phi) is 6.84. The zero-order valence-corrected chi connectivity index (χ0v) is 14.3. The molecule has 0 radical (unpaired) electrons. The number of halogens is 1. The van der Waals surface area contributed by atoms with Crippen molar-refractivity contribution in [3.05, 3.63) is 64.7 Å². The van der Waals surface area contributed by atoms with Crippen molar-refractivity contribution in [2.24, 2.45) is 5.10 Å². The van der Waals surface area contributed by atoms with Gasteiger partial charge in [0.2, 0.25) is 0 Å². The molecule has 0 unspecified atom stereocenters. The van der Waals surface area contributed by atoms with E-state index in [9.17, 15) is 0 Å². The number of nitrogens with zero attached hydrogens (tertiary/aromatic N) is 1. The van der Waals surface area contributed by atoms with Crippen LogP contribution < -0.4 is 15.5 Å². The van der Waals surface area contributed by atoms with Gasteiger partial charge in [-0.1, -0.05) is 41.9 Å². The molecule has 23 heavy (non-hydrogen) atoms. The average Bonchev–Trinajstić information content (AvgIpc) is 2.56. The quantitative estimate of drug-likeness (QED) is 0.475. The third kappa shape index (κ3) is 5.88. The fourth-order valence-corrected chi connectivity index (χ4v) is 2.22. The van der Waals surface area contributed by atoms with Gasteiger partial charge >= 0.3 is 0 Å². The first-order chi connectivity index (χ1) is 11.2. The second-order valence-corrected chi connectivity index (χ2v) is 5.48. The van der Waals surface area contributed by atoms with Gasteiger partial charge in [-0.15, -0.1) is 0 Å². The van der Waals surface area contributed by atoms with Crippen molar-refractivity contribution >= 4 is 35.1 Å². The molecule has 0 saturated heterocycles. The lowest BCUT2D eigenvalue weighted by Gasteiger charge is -2.07. The summed E-state index contributed by atoms with van der Waals surface area (Å²) in [6, 6.07) is 15.5. The van der Waals surface area contributed by atoms with Gasteiger partial charge in [-0.3, -0.25) is 5.43 Å². The van der Waals surface area contributed by atoms with Gasteiger partial charge in [-0.2, -0.15) is 5.10 Å². The van der Waals surface area contributed by atoms with E-state index < -0.39 is 0 Å². The molecule has 2 N–H and O–H groups in total. The number of thiocarbonyl (C=S) groups is 1. The standard InChI is InChI=1S/C17H18ClN3OS/c1-2-22-16-9-8-14(10-15(16)18)12-20-21-17(23)19-11-13-6-4-3-5-7-13/h3-10,12H,2,11H2,1H3,(H2,19,21,23)/b20-12-. The minimum absolute atomic E-state index is 0.460. The largest absolute Gasteiger partial charge is 0.492 e. The molecule has 120 valence electrons. The molecule has 0 amide bonds. The number of nitrogens with one attached hydrogen (secondary N) is 2. The van der Waals surface area contributed by atoms with Gasteiger partial charge in [0.25, 0.3) is 0 Å². The lowest BCUT2D eigenvalue weighted by Crippen LogP contribution is -2.31. The van der Waals surface area contributed by atoms with E-state index in [0.29, 0.717) is 29.0 Å². The van der Waals surface area contributed by atoms with Gasteiger partial charge in [-0.25, -0.2) is 0 Å². The van der Waals surface area contributed by atoms with Crippen molar-refractivity contribution in [3.8, 4) is 5.75 Å². The van der Waals surface area contributed by atoms with Crippen LogP contribution in [0.1, 0.15) is 18.1 Å². The number of hydrazone groups is 1. The van der Waals surface area contributed by atoms with Crippen LogP contribution in [-0.4, -0.2) is 17.9 Å². The minimum Gasteiger partial charge on any atom is -0.492 e. The molecular formula is C17H18ClN3OS. The summed E-state index contributed by atoms with van der Waals surface area (Å²) in [5.41, 5.74) is 4.79. The van der Waals surface area contributed by atoms with Crippen LogP contribution in [0.25, 0.3) is 0 Å².